The quantitative estimate of drug-likeness (QED) is 0.436. The number of halogens is 2. The van der Waals surface area contributed by atoms with Crippen LogP contribution in [-0.2, 0) is 0 Å². The van der Waals surface area contributed by atoms with Crippen molar-refractivity contribution in [2.45, 2.75) is 37.8 Å². The summed E-state index contributed by atoms with van der Waals surface area (Å²) >= 11 is 0. The van der Waals surface area contributed by atoms with E-state index >= 15 is 0 Å². The smallest absolute Gasteiger partial charge is 0.280 e. The summed E-state index contributed by atoms with van der Waals surface area (Å²) in [5.74, 6) is 1.07. The highest BCUT2D eigenvalue weighted by molar-refractivity contribution is 6.06. The number of hydrogen-bond acceptors (Lipinski definition) is 6. The molecule has 4 aromatic rings. The number of carbonyl (C=O) groups is 1. The van der Waals surface area contributed by atoms with Crippen LogP contribution in [0, 0.1) is 0 Å². The standard InChI is InChI=1S/C25H20F2N6O2/c26-23(27)19-8-4-15(12-28-19)14-5-9-21-18(10-14)25(34)31-22-3-1-2-20(30-22)24-32-29-13-33(24)16-6-7-17(11-16)35-21/h1-5,8-10,12-13,16-17,23H,6-7,11H2,(H,30,31,34)/t16?,17-/m1/s1. The van der Waals surface area contributed by atoms with Gasteiger partial charge in [0.05, 0.1) is 5.56 Å². The van der Waals surface area contributed by atoms with Gasteiger partial charge in [-0.15, -0.1) is 10.2 Å². The summed E-state index contributed by atoms with van der Waals surface area (Å²) < 4.78 is 34.1. The first-order valence-electron chi connectivity index (χ1n) is 11.3. The van der Waals surface area contributed by atoms with Gasteiger partial charge in [-0.1, -0.05) is 18.2 Å². The summed E-state index contributed by atoms with van der Waals surface area (Å²) in [6.07, 6.45) is 2.81. The zero-order chi connectivity index (χ0) is 23.9. The number of rotatable bonds is 2. The third kappa shape index (κ3) is 4.01. The highest BCUT2D eigenvalue weighted by Gasteiger charge is 2.31. The lowest BCUT2D eigenvalue weighted by Gasteiger charge is -2.18. The summed E-state index contributed by atoms with van der Waals surface area (Å²) in [7, 11) is 0. The molecule has 1 aliphatic heterocycles. The van der Waals surface area contributed by atoms with E-state index in [1.807, 2.05) is 10.6 Å². The number of anilines is 1. The van der Waals surface area contributed by atoms with E-state index in [1.165, 1.54) is 12.3 Å². The summed E-state index contributed by atoms with van der Waals surface area (Å²) in [6, 6.07) is 13.6. The van der Waals surface area contributed by atoms with Gasteiger partial charge in [-0.3, -0.25) is 9.78 Å². The van der Waals surface area contributed by atoms with Gasteiger partial charge in [-0.05, 0) is 48.7 Å². The van der Waals surface area contributed by atoms with Gasteiger partial charge < -0.3 is 14.6 Å². The van der Waals surface area contributed by atoms with Crippen LogP contribution in [0.15, 0.2) is 61.1 Å². The van der Waals surface area contributed by atoms with Crippen LogP contribution in [0.2, 0.25) is 0 Å². The summed E-state index contributed by atoms with van der Waals surface area (Å²) in [6.45, 7) is 0. The van der Waals surface area contributed by atoms with Gasteiger partial charge in [0.1, 0.15) is 35.4 Å². The van der Waals surface area contributed by atoms with E-state index in [0.29, 0.717) is 39.8 Å². The van der Waals surface area contributed by atoms with Crippen molar-refractivity contribution in [1.29, 1.82) is 0 Å². The summed E-state index contributed by atoms with van der Waals surface area (Å²) in [4.78, 5) is 21.8. The van der Waals surface area contributed by atoms with Crippen molar-refractivity contribution < 1.29 is 18.3 Å². The monoisotopic (exact) mass is 474 g/mol. The largest absolute Gasteiger partial charge is 0.490 e. The third-order valence-electron chi connectivity index (χ3n) is 6.40. The first kappa shape index (κ1) is 21.3. The predicted molar refractivity (Wildman–Crippen MR) is 123 cm³/mol. The van der Waals surface area contributed by atoms with Crippen LogP contribution in [0.4, 0.5) is 14.6 Å². The van der Waals surface area contributed by atoms with Gasteiger partial charge >= 0.3 is 0 Å². The fourth-order valence-electron chi connectivity index (χ4n) is 4.66. The number of alkyl halides is 2. The average molecular weight is 474 g/mol. The number of fused-ring (bicyclic) bond motifs is 8. The topological polar surface area (TPSA) is 94.8 Å². The lowest BCUT2D eigenvalue weighted by molar-refractivity contribution is 0.101. The molecule has 0 radical (unpaired) electrons. The van der Waals surface area contributed by atoms with Crippen LogP contribution in [0.1, 0.15) is 47.8 Å². The average Bonchev–Trinajstić information content (AvgIpc) is 3.54. The molecule has 4 heterocycles. The Morgan fingerprint density at radius 2 is 1.97 bits per heavy atom. The van der Waals surface area contributed by atoms with E-state index in [4.69, 9.17) is 4.74 Å². The molecule has 2 atom stereocenters. The van der Waals surface area contributed by atoms with Crippen LogP contribution >= 0.6 is 0 Å². The van der Waals surface area contributed by atoms with Crippen molar-refractivity contribution in [3.63, 3.8) is 0 Å². The molecule has 35 heavy (non-hydrogen) atoms. The Hall–Kier alpha value is -4.21. The molecular formula is C25H20F2N6O2. The fourth-order valence-corrected chi connectivity index (χ4v) is 4.66. The van der Waals surface area contributed by atoms with Crippen LogP contribution in [-0.4, -0.2) is 36.7 Å². The zero-order valence-corrected chi connectivity index (χ0v) is 18.4. The second kappa shape index (κ2) is 8.53. The van der Waals surface area contributed by atoms with Crippen LogP contribution in [0.25, 0.3) is 22.6 Å². The molecule has 6 rings (SSSR count). The molecule has 176 valence electrons. The summed E-state index contributed by atoms with van der Waals surface area (Å²) in [5, 5.41) is 11.2. The van der Waals surface area contributed by atoms with E-state index < -0.39 is 6.43 Å². The maximum absolute atomic E-state index is 13.4. The number of aromatic nitrogens is 5. The zero-order valence-electron chi connectivity index (χ0n) is 18.4. The summed E-state index contributed by atoms with van der Waals surface area (Å²) in [5.41, 5.74) is 1.93. The van der Waals surface area contributed by atoms with Crippen LogP contribution < -0.4 is 10.1 Å². The number of nitrogens with zero attached hydrogens (tertiary/aromatic N) is 5. The van der Waals surface area contributed by atoms with E-state index in [0.717, 1.165) is 19.3 Å². The van der Waals surface area contributed by atoms with Gasteiger partial charge in [-0.25, -0.2) is 13.8 Å². The molecule has 1 amide bonds. The van der Waals surface area contributed by atoms with E-state index in [2.05, 4.69) is 25.5 Å². The Balaban J connectivity index is 1.42. The Labute approximate surface area is 199 Å². The molecule has 2 aliphatic rings. The molecule has 1 aliphatic carbocycles. The van der Waals surface area contributed by atoms with Crippen molar-refractivity contribution in [2.75, 3.05) is 5.32 Å². The number of carbonyl (C=O) groups excluding carboxylic acids is 1. The minimum absolute atomic E-state index is 0.0866. The molecule has 10 heteroatoms. The van der Waals surface area contributed by atoms with Gasteiger partial charge in [-0.2, -0.15) is 0 Å². The molecule has 0 spiro atoms. The molecule has 1 N–H and O–H groups in total. The maximum Gasteiger partial charge on any atom is 0.280 e. The van der Waals surface area contributed by atoms with Crippen molar-refractivity contribution in [3.05, 3.63) is 72.3 Å². The highest BCUT2D eigenvalue weighted by Crippen LogP contribution is 2.37. The number of pyridine rings is 2. The number of benzene rings is 1. The highest BCUT2D eigenvalue weighted by atomic mass is 19.3. The number of amides is 1. The molecule has 1 unspecified atom stereocenters. The van der Waals surface area contributed by atoms with Crippen molar-refractivity contribution in [2.24, 2.45) is 0 Å². The number of nitrogens with one attached hydrogen (secondary N) is 1. The molecule has 8 nitrogen and oxygen atoms in total. The fraction of sp³-hybridized carbons (Fsp3) is 0.240. The molecule has 3 aromatic heterocycles. The Morgan fingerprint density at radius 3 is 2.80 bits per heavy atom. The Bertz CT molecular complexity index is 1410. The van der Waals surface area contributed by atoms with Crippen LogP contribution in [0.5, 0.6) is 5.75 Å². The molecule has 1 saturated carbocycles. The molecular weight excluding hydrogens is 454 g/mol. The number of ether oxygens (including phenoxy) is 1. The van der Waals surface area contributed by atoms with Crippen molar-refractivity contribution in [3.8, 4) is 28.4 Å². The third-order valence-corrected chi connectivity index (χ3v) is 6.40. The maximum atomic E-state index is 13.4. The van der Waals surface area contributed by atoms with Gasteiger partial charge in [0.15, 0.2) is 5.82 Å². The Kier molecular flexibility index (Phi) is 5.20. The van der Waals surface area contributed by atoms with Crippen molar-refractivity contribution >= 4 is 11.7 Å². The Morgan fingerprint density at radius 1 is 1.09 bits per heavy atom. The lowest BCUT2D eigenvalue weighted by atomic mass is 10.0. The first-order chi connectivity index (χ1) is 17.0. The predicted octanol–water partition coefficient (Wildman–Crippen LogP) is 5.08. The van der Waals surface area contributed by atoms with Gasteiger partial charge in [0, 0.05) is 24.2 Å². The first-order valence-corrected chi connectivity index (χ1v) is 11.3. The molecule has 4 bridgehead atoms. The second-order valence-electron chi connectivity index (χ2n) is 8.61. The minimum atomic E-state index is -2.64. The number of hydrogen-bond donors (Lipinski definition) is 1. The lowest BCUT2D eigenvalue weighted by Crippen LogP contribution is -2.18. The van der Waals surface area contributed by atoms with Gasteiger partial charge in [0.25, 0.3) is 12.3 Å². The molecule has 1 fully saturated rings. The molecule has 0 saturated heterocycles. The minimum Gasteiger partial charge on any atom is -0.490 e. The van der Waals surface area contributed by atoms with Gasteiger partial charge in [0.2, 0.25) is 0 Å². The van der Waals surface area contributed by atoms with E-state index in [-0.39, 0.29) is 23.7 Å². The normalized spacial score (nSPS) is 19.0. The molecule has 1 aromatic carbocycles. The van der Waals surface area contributed by atoms with Crippen LogP contribution in [0.3, 0.4) is 0 Å². The second-order valence-corrected chi connectivity index (χ2v) is 8.61. The SMILES string of the molecule is O=C1Nc2cccc(n2)-c2nncn2C2CC[C@H](C2)Oc2ccc(-c3ccc(C(F)F)nc3)cc21. The van der Waals surface area contributed by atoms with E-state index in [1.54, 1.807) is 42.7 Å². The van der Waals surface area contributed by atoms with E-state index in [9.17, 15) is 13.6 Å². The van der Waals surface area contributed by atoms with Crippen molar-refractivity contribution in [1.82, 2.24) is 24.7 Å².